The molecule has 2 aromatic heterocycles. The van der Waals surface area contributed by atoms with Crippen molar-refractivity contribution in [3.63, 3.8) is 0 Å². The summed E-state index contributed by atoms with van der Waals surface area (Å²) >= 11 is 7.92. The first kappa shape index (κ1) is 26.2. The van der Waals surface area contributed by atoms with Crippen molar-refractivity contribution in [2.45, 2.75) is 78.2 Å². The fourth-order valence-electron chi connectivity index (χ4n) is 4.30. The second kappa shape index (κ2) is 13.5. The Balaban J connectivity index is 1.84. The number of unbranched alkanes of at least 4 members (excludes halogenated alkanes) is 7. The standard InChI is InChI=1S/C28H35ClN2O2S/c1-3-4-5-6-7-8-9-10-17-26-30-19-24(31(26)20-22-14-11-12-15-23(22)29)21(2)27(28(32)33)25-16-13-18-34-25/h11-16,18-19H,3-10,17,20H2,1-2H3,(H,32,33)/b27-21-. The van der Waals surface area contributed by atoms with Gasteiger partial charge in [-0.05, 0) is 42.0 Å². The smallest absolute Gasteiger partial charge is 0.337 e. The molecule has 0 bridgehead atoms. The van der Waals surface area contributed by atoms with Crippen LogP contribution in [0.3, 0.4) is 0 Å². The molecule has 0 radical (unpaired) electrons. The molecule has 34 heavy (non-hydrogen) atoms. The first-order valence-electron chi connectivity index (χ1n) is 12.3. The van der Waals surface area contributed by atoms with E-state index in [0.29, 0.717) is 17.1 Å². The predicted octanol–water partition coefficient (Wildman–Crippen LogP) is 8.34. The average molecular weight is 499 g/mol. The molecule has 1 N–H and O–H groups in total. The van der Waals surface area contributed by atoms with Crippen LogP contribution in [0.2, 0.25) is 5.02 Å². The van der Waals surface area contributed by atoms with Gasteiger partial charge in [-0.3, -0.25) is 0 Å². The van der Waals surface area contributed by atoms with Crippen LogP contribution in [0.25, 0.3) is 11.1 Å². The molecule has 0 amide bonds. The highest BCUT2D eigenvalue weighted by atomic mass is 35.5. The minimum Gasteiger partial charge on any atom is -0.478 e. The molecule has 3 aromatic rings. The van der Waals surface area contributed by atoms with Crippen LogP contribution in [0.15, 0.2) is 48.0 Å². The average Bonchev–Trinajstić information content (AvgIpc) is 3.47. The summed E-state index contributed by atoms with van der Waals surface area (Å²) in [5, 5.41) is 12.6. The molecule has 0 unspecified atom stereocenters. The van der Waals surface area contributed by atoms with Gasteiger partial charge in [0.2, 0.25) is 0 Å². The van der Waals surface area contributed by atoms with E-state index in [1.54, 1.807) is 0 Å². The van der Waals surface area contributed by atoms with Crippen LogP contribution >= 0.6 is 22.9 Å². The van der Waals surface area contributed by atoms with E-state index >= 15 is 0 Å². The molecule has 2 heterocycles. The number of imidazole rings is 1. The number of carboxylic acids is 1. The van der Waals surface area contributed by atoms with Gasteiger partial charge in [0.25, 0.3) is 0 Å². The zero-order valence-corrected chi connectivity index (χ0v) is 21.8. The SMILES string of the molecule is CCCCCCCCCCc1ncc(/C(C)=C(\C(=O)O)c2cccs2)n1Cc1ccccc1Cl. The monoisotopic (exact) mass is 498 g/mol. The molecule has 0 saturated heterocycles. The van der Waals surface area contributed by atoms with Crippen molar-refractivity contribution in [3.8, 4) is 0 Å². The van der Waals surface area contributed by atoms with Crippen molar-refractivity contribution >= 4 is 40.1 Å². The Kier molecular flexibility index (Phi) is 10.4. The van der Waals surface area contributed by atoms with Crippen LogP contribution in [0.4, 0.5) is 0 Å². The lowest BCUT2D eigenvalue weighted by molar-refractivity contribution is -0.130. The zero-order valence-electron chi connectivity index (χ0n) is 20.2. The fourth-order valence-corrected chi connectivity index (χ4v) is 5.32. The summed E-state index contributed by atoms with van der Waals surface area (Å²) in [6, 6.07) is 11.5. The minimum atomic E-state index is -0.921. The number of aromatic nitrogens is 2. The van der Waals surface area contributed by atoms with Crippen molar-refractivity contribution in [2.75, 3.05) is 0 Å². The van der Waals surface area contributed by atoms with Gasteiger partial charge in [0, 0.05) is 16.3 Å². The first-order chi connectivity index (χ1) is 16.5. The molecule has 4 nitrogen and oxygen atoms in total. The second-order valence-electron chi connectivity index (χ2n) is 8.74. The maximum Gasteiger partial charge on any atom is 0.337 e. The highest BCUT2D eigenvalue weighted by molar-refractivity contribution is 7.11. The molecular weight excluding hydrogens is 464 g/mol. The van der Waals surface area contributed by atoms with Crippen molar-refractivity contribution in [1.82, 2.24) is 9.55 Å². The maximum absolute atomic E-state index is 12.2. The van der Waals surface area contributed by atoms with E-state index in [1.165, 1.54) is 56.3 Å². The number of nitrogens with zero attached hydrogens (tertiary/aromatic N) is 2. The van der Waals surface area contributed by atoms with Crippen molar-refractivity contribution in [1.29, 1.82) is 0 Å². The Hall–Kier alpha value is -2.37. The maximum atomic E-state index is 12.2. The molecule has 1 aromatic carbocycles. The summed E-state index contributed by atoms with van der Waals surface area (Å²) in [7, 11) is 0. The van der Waals surface area contributed by atoms with E-state index in [-0.39, 0.29) is 0 Å². The fraction of sp³-hybridized carbons (Fsp3) is 0.429. The van der Waals surface area contributed by atoms with Gasteiger partial charge >= 0.3 is 5.97 Å². The molecule has 6 heteroatoms. The Morgan fingerprint density at radius 1 is 1.03 bits per heavy atom. The Morgan fingerprint density at radius 2 is 1.74 bits per heavy atom. The molecule has 0 aliphatic rings. The molecular formula is C28H35ClN2O2S. The Morgan fingerprint density at radius 3 is 2.38 bits per heavy atom. The van der Waals surface area contributed by atoms with Crippen LogP contribution in [0, 0.1) is 0 Å². The number of aliphatic carboxylic acids is 1. The van der Waals surface area contributed by atoms with E-state index < -0.39 is 5.97 Å². The number of benzene rings is 1. The molecule has 0 saturated carbocycles. The molecule has 0 spiro atoms. The van der Waals surface area contributed by atoms with Gasteiger partial charge in [0.1, 0.15) is 5.82 Å². The lowest BCUT2D eigenvalue weighted by Crippen LogP contribution is -2.10. The van der Waals surface area contributed by atoms with Gasteiger partial charge in [0.15, 0.2) is 0 Å². The molecule has 0 fully saturated rings. The van der Waals surface area contributed by atoms with E-state index in [0.717, 1.165) is 40.4 Å². The third kappa shape index (κ3) is 7.07. The number of allylic oxidation sites excluding steroid dienone is 1. The quantitative estimate of drug-likeness (QED) is 0.179. The van der Waals surface area contributed by atoms with E-state index in [4.69, 9.17) is 16.6 Å². The van der Waals surface area contributed by atoms with Gasteiger partial charge < -0.3 is 9.67 Å². The zero-order chi connectivity index (χ0) is 24.3. The lowest BCUT2D eigenvalue weighted by atomic mass is 10.0. The topological polar surface area (TPSA) is 55.1 Å². The third-order valence-electron chi connectivity index (χ3n) is 6.22. The Labute approximate surface area is 212 Å². The van der Waals surface area contributed by atoms with Gasteiger partial charge in [0.05, 0.1) is 24.0 Å². The van der Waals surface area contributed by atoms with E-state index in [2.05, 4.69) is 11.5 Å². The number of hydrogen-bond donors (Lipinski definition) is 1. The van der Waals surface area contributed by atoms with E-state index in [1.807, 2.05) is 54.9 Å². The van der Waals surface area contributed by atoms with Crippen LogP contribution in [-0.4, -0.2) is 20.6 Å². The van der Waals surface area contributed by atoms with Crippen LogP contribution in [-0.2, 0) is 17.8 Å². The van der Waals surface area contributed by atoms with Gasteiger partial charge in [-0.2, -0.15) is 0 Å². The first-order valence-corrected chi connectivity index (χ1v) is 13.5. The van der Waals surface area contributed by atoms with Gasteiger partial charge in [-0.25, -0.2) is 9.78 Å². The molecule has 182 valence electrons. The van der Waals surface area contributed by atoms with Crippen LogP contribution in [0.5, 0.6) is 0 Å². The summed E-state index contributed by atoms with van der Waals surface area (Å²) in [4.78, 5) is 17.7. The molecule has 3 rings (SSSR count). The highest BCUT2D eigenvalue weighted by Crippen LogP contribution is 2.31. The van der Waals surface area contributed by atoms with Crippen molar-refractivity contribution < 1.29 is 9.90 Å². The van der Waals surface area contributed by atoms with Crippen LogP contribution < -0.4 is 0 Å². The third-order valence-corrected chi connectivity index (χ3v) is 7.48. The molecule has 0 atom stereocenters. The molecule has 0 aliphatic heterocycles. The number of halogens is 1. The Bertz CT molecular complexity index is 1090. The number of carboxylic acid groups (broad SMARTS) is 1. The summed E-state index contributed by atoms with van der Waals surface area (Å²) in [6.45, 7) is 4.69. The van der Waals surface area contributed by atoms with Gasteiger partial charge in [-0.15, -0.1) is 11.3 Å². The highest BCUT2D eigenvalue weighted by Gasteiger charge is 2.21. The lowest BCUT2D eigenvalue weighted by Gasteiger charge is -2.15. The largest absolute Gasteiger partial charge is 0.478 e. The summed E-state index contributed by atoms with van der Waals surface area (Å²) in [5.41, 5.74) is 2.88. The number of hydrogen-bond acceptors (Lipinski definition) is 3. The minimum absolute atomic E-state index is 0.328. The normalized spacial score (nSPS) is 12.1. The van der Waals surface area contributed by atoms with Crippen molar-refractivity contribution in [2.24, 2.45) is 0 Å². The second-order valence-corrected chi connectivity index (χ2v) is 10.1. The van der Waals surface area contributed by atoms with E-state index in [9.17, 15) is 9.90 Å². The van der Waals surface area contributed by atoms with Crippen molar-refractivity contribution in [3.05, 3.63) is 75.0 Å². The van der Waals surface area contributed by atoms with Crippen LogP contribution in [0.1, 0.15) is 87.2 Å². The number of carbonyl (C=O) groups is 1. The summed E-state index contributed by atoms with van der Waals surface area (Å²) in [5.74, 6) is 0.0613. The number of thiophene rings is 1. The molecule has 0 aliphatic carbocycles. The number of rotatable bonds is 14. The predicted molar refractivity (Wildman–Crippen MR) is 144 cm³/mol. The summed E-state index contributed by atoms with van der Waals surface area (Å²) in [6.07, 6.45) is 12.8. The number of aryl methyl sites for hydroxylation is 1. The van der Waals surface area contributed by atoms with Gasteiger partial charge in [-0.1, -0.05) is 87.7 Å². The summed E-state index contributed by atoms with van der Waals surface area (Å²) < 4.78 is 2.15.